The van der Waals surface area contributed by atoms with Crippen LogP contribution in [0, 0.1) is 5.92 Å². The number of aldehydes is 1. The lowest BCUT2D eigenvalue weighted by molar-refractivity contribution is -0.314. The number of aliphatic hydroxyl groups is 7. The Bertz CT molecular complexity index is 2110. The fraction of sp³-hybridized carbons (Fsp3) is 0.512. The monoisotopic (exact) mass is 958 g/mol. The fourth-order valence-corrected chi connectivity index (χ4v) is 7.76. The van der Waals surface area contributed by atoms with Crippen molar-refractivity contribution in [3.63, 3.8) is 0 Å². The molecule has 3 aromatic rings. The predicted octanol–water partition coefficient (Wildman–Crippen LogP) is -2.57. The fourth-order valence-electron chi connectivity index (χ4n) is 7.53. The molecule has 18 N–H and O–H groups in total. The van der Waals surface area contributed by atoms with E-state index in [1.54, 1.807) is 6.20 Å². The lowest BCUT2D eigenvalue weighted by Crippen LogP contribution is -2.66. The summed E-state index contributed by atoms with van der Waals surface area (Å²) in [7, 11) is 1.42. The van der Waals surface area contributed by atoms with E-state index in [2.05, 4.69) is 44.8 Å². The van der Waals surface area contributed by atoms with Crippen LogP contribution >= 0.6 is 12.2 Å². The second kappa shape index (κ2) is 23.7. The molecule has 6 rings (SSSR count). The molecule has 0 spiro atoms. The molecule has 2 saturated heterocycles. The number of anilines is 2. The highest BCUT2D eigenvalue weighted by Gasteiger charge is 2.61. The van der Waals surface area contributed by atoms with Crippen molar-refractivity contribution in [3.8, 4) is 17.0 Å². The summed E-state index contributed by atoms with van der Waals surface area (Å²) in [6.45, 7) is 5.59. The first kappa shape index (κ1) is 52.8. The molecule has 1 saturated carbocycles. The van der Waals surface area contributed by atoms with Gasteiger partial charge in [0.2, 0.25) is 0 Å². The molecule has 0 unspecified atom stereocenters. The lowest BCUT2D eigenvalue weighted by atomic mass is 9.81. The highest BCUT2D eigenvalue weighted by atomic mass is 32.1. The normalized spacial score (nSPS) is 32.5. The van der Waals surface area contributed by atoms with Crippen LogP contribution < -0.4 is 43.6 Å². The molecule has 368 valence electrons. The second-order valence-corrected chi connectivity index (χ2v) is 16.9. The number of carbonyl (C=O) groups is 1. The Labute approximate surface area is 392 Å². The Hall–Kier alpha value is -5.19. The van der Waals surface area contributed by atoms with E-state index in [9.17, 15) is 40.5 Å². The van der Waals surface area contributed by atoms with E-state index in [0.29, 0.717) is 17.6 Å². The number of rotatable bonds is 15. The quantitative estimate of drug-likeness (QED) is 0.0322. The van der Waals surface area contributed by atoms with E-state index in [1.807, 2.05) is 66.7 Å². The molecule has 3 heterocycles. The maximum absolute atomic E-state index is 12.1. The average Bonchev–Trinajstić information content (AvgIpc) is 3.53. The number of hydrogen-bond acceptors (Lipinski definition) is 18. The standard InChI is InChI=1S/C22H23N3OS.C21H39N7O12/c1-16(2)15-26-20-12-10-19(11-13-20)25-22(27)24-18-8-6-17(7-9-18)21-5-3-4-14-23-21;1-5-21(36,4-30)16(40-17-9(26-2)13(34)10(31)6(3-29)38-17)18(37-5)39-15-8(28-20(24)25)11(32)7(27-19(22)23)12(33)14(15)35/h3-14,16H,15H2,1-2H3,(H2,24,25,27);4-18,26,29,31-36H,3H2,1-2H3,(H4,22,23,27)(H4,24,25,28)/t;5-,6-,7+,8-,9-,10-,11+,12-,13-,14+,15+,16-,17-,18-,21+/m.0/s1. The SMILES string of the molecule is CC(C)COc1ccc(NC(=S)Nc2ccc(-c3ccccn3)cc2)cc1.CN[C@@H]1[C@H](O[C@H]2[C@H](O[C@H]3[C@H](O)[C@@H](O)[C@H](N=C(N)N)[C@@H](O)[C@@H]3N=C(N)N)O[C@@H](C)[C@]2(O)C=O)O[C@@H](CO)[C@H](O)[C@H]1O. The molecule has 67 heavy (non-hydrogen) atoms. The van der Waals surface area contributed by atoms with E-state index >= 15 is 0 Å². The number of likely N-dealkylation sites (N-methyl/N-ethyl adjacent to an activating group) is 1. The van der Waals surface area contributed by atoms with Gasteiger partial charge in [-0.05, 0) is 80.6 Å². The number of aliphatic imine (C=N–C) groups is 2. The van der Waals surface area contributed by atoms with E-state index in [0.717, 1.165) is 28.4 Å². The molecule has 23 nitrogen and oxygen atoms in total. The van der Waals surface area contributed by atoms with Crippen molar-refractivity contribution in [2.75, 3.05) is 30.9 Å². The van der Waals surface area contributed by atoms with E-state index in [-0.39, 0.29) is 6.29 Å². The predicted molar refractivity (Wildman–Crippen MR) is 249 cm³/mol. The third-order valence-electron chi connectivity index (χ3n) is 11.1. The minimum Gasteiger partial charge on any atom is -0.493 e. The Balaban J connectivity index is 0.000000270. The molecule has 1 aliphatic carbocycles. The van der Waals surface area contributed by atoms with Gasteiger partial charge in [-0.1, -0.05) is 32.0 Å². The number of hydrogen-bond donors (Lipinski definition) is 14. The summed E-state index contributed by atoms with van der Waals surface area (Å²) in [4.78, 5) is 24.0. The summed E-state index contributed by atoms with van der Waals surface area (Å²) in [6.07, 6.45) is -15.5. The molecule has 1 aromatic heterocycles. The lowest BCUT2D eigenvalue weighted by Gasteiger charge is -2.45. The maximum atomic E-state index is 12.1. The van der Waals surface area contributed by atoms with Gasteiger partial charge < -0.3 is 98.3 Å². The summed E-state index contributed by atoms with van der Waals surface area (Å²) in [5.74, 6) is 0.329. The number of aliphatic hydroxyl groups excluding tert-OH is 6. The van der Waals surface area contributed by atoms with Crippen LogP contribution in [0.15, 0.2) is 82.9 Å². The van der Waals surface area contributed by atoms with Gasteiger partial charge in [0.15, 0.2) is 41.5 Å². The van der Waals surface area contributed by atoms with Crippen LogP contribution in [0.5, 0.6) is 5.75 Å². The molecule has 3 aliphatic rings. The van der Waals surface area contributed by atoms with Gasteiger partial charge in [-0.25, -0.2) is 9.98 Å². The Morgan fingerprint density at radius 1 is 0.836 bits per heavy atom. The Morgan fingerprint density at radius 2 is 1.45 bits per heavy atom. The first-order valence-corrected chi connectivity index (χ1v) is 21.7. The summed E-state index contributed by atoms with van der Waals surface area (Å²) >= 11 is 5.40. The van der Waals surface area contributed by atoms with Crippen molar-refractivity contribution in [1.29, 1.82) is 0 Å². The maximum Gasteiger partial charge on any atom is 0.188 e. The summed E-state index contributed by atoms with van der Waals surface area (Å²) < 4.78 is 28.6. The Kier molecular flexibility index (Phi) is 18.7. The van der Waals surface area contributed by atoms with Crippen molar-refractivity contribution in [2.45, 2.75) is 112 Å². The highest BCUT2D eigenvalue weighted by molar-refractivity contribution is 7.80. The number of nitrogens with two attached hydrogens (primary N) is 4. The average molecular weight is 959 g/mol. The van der Waals surface area contributed by atoms with Gasteiger partial charge in [0.05, 0.1) is 31.1 Å². The molecule has 2 aromatic carbocycles. The van der Waals surface area contributed by atoms with Crippen molar-refractivity contribution < 1.29 is 64.2 Å². The number of carbonyl (C=O) groups excluding carboxylic acids is 1. The number of thiocarbonyl (C=S) groups is 1. The summed E-state index contributed by atoms with van der Waals surface area (Å²) in [5.41, 5.74) is 23.2. The van der Waals surface area contributed by atoms with E-state index in [1.165, 1.54) is 14.0 Å². The van der Waals surface area contributed by atoms with Crippen LogP contribution in [0.2, 0.25) is 0 Å². The molecular formula is C43H62N10O13S. The first-order chi connectivity index (χ1) is 31.8. The van der Waals surface area contributed by atoms with Gasteiger partial charge in [0.25, 0.3) is 0 Å². The zero-order chi connectivity index (χ0) is 49.2. The van der Waals surface area contributed by atoms with Gasteiger partial charge in [-0.15, -0.1) is 0 Å². The molecule has 0 amide bonds. The van der Waals surface area contributed by atoms with Crippen LogP contribution in [0.4, 0.5) is 11.4 Å². The van der Waals surface area contributed by atoms with Gasteiger partial charge in [0.1, 0.15) is 66.7 Å². The molecule has 0 radical (unpaired) electrons. The van der Waals surface area contributed by atoms with Crippen LogP contribution in [-0.4, -0.2) is 176 Å². The van der Waals surface area contributed by atoms with E-state index < -0.39 is 110 Å². The Morgan fingerprint density at radius 3 is 1.99 bits per heavy atom. The number of guanidine groups is 2. The largest absolute Gasteiger partial charge is 0.493 e. The topological polar surface area (TPSA) is 383 Å². The number of benzene rings is 2. The molecule has 15 atom stereocenters. The van der Waals surface area contributed by atoms with Crippen LogP contribution in [-0.2, 0) is 23.7 Å². The van der Waals surface area contributed by atoms with E-state index in [4.69, 9.17) is 58.8 Å². The van der Waals surface area contributed by atoms with Gasteiger partial charge >= 0.3 is 0 Å². The van der Waals surface area contributed by atoms with Crippen molar-refractivity contribution >= 4 is 46.9 Å². The third-order valence-corrected chi connectivity index (χ3v) is 11.3. The number of nitrogens with zero attached hydrogens (tertiary/aromatic N) is 3. The minimum atomic E-state index is -2.38. The molecule has 24 heteroatoms. The van der Waals surface area contributed by atoms with Crippen molar-refractivity contribution in [2.24, 2.45) is 38.8 Å². The number of nitrogens with one attached hydrogen (secondary N) is 3. The smallest absolute Gasteiger partial charge is 0.188 e. The number of ether oxygens (including phenoxy) is 5. The highest BCUT2D eigenvalue weighted by Crippen LogP contribution is 2.38. The first-order valence-electron chi connectivity index (χ1n) is 21.3. The summed E-state index contributed by atoms with van der Waals surface area (Å²) in [6, 6.07) is 17.6. The number of aromatic nitrogens is 1. The third kappa shape index (κ3) is 13.1. The summed E-state index contributed by atoms with van der Waals surface area (Å²) in [5, 5.41) is 83.5. The van der Waals surface area contributed by atoms with Gasteiger partial charge in [-0.3, -0.25) is 9.78 Å². The van der Waals surface area contributed by atoms with Crippen LogP contribution in [0.3, 0.4) is 0 Å². The van der Waals surface area contributed by atoms with Crippen LogP contribution in [0.1, 0.15) is 20.8 Å². The van der Waals surface area contributed by atoms with Gasteiger partial charge in [-0.2, -0.15) is 0 Å². The number of pyridine rings is 1. The van der Waals surface area contributed by atoms with Crippen molar-refractivity contribution in [3.05, 3.63) is 72.9 Å². The molecule has 0 bridgehead atoms. The zero-order valence-electron chi connectivity index (χ0n) is 37.2. The van der Waals surface area contributed by atoms with Gasteiger partial charge in [0, 0.05) is 23.1 Å². The van der Waals surface area contributed by atoms with Crippen molar-refractivity contribution in [1.82, 2.24) is 10.3 Å². The second-order valence-electron chi connectivity index (χ2n) is 16.5. The zero-order valence-corrected chi connectivity index (χ0v) is 38.0. The molecular weight excluding hydrogens is 897 g/mol. The molecule has 2 aliphatic heterocycles. The molecule has 3 fully saturated rings. The van der Waals surface area contributed by atoms with Crippen LogP contribution in [0.25, 0.3) is 11.3 Å². The minimum absolute atomic E-state index is 0.140.